The van der Waals surface area contributed by atoms with Crippen molar-refractivity contribution in [3.63, 3.8) is 0 Å². The molecule has 0 amide bonds. The number of furan rings is 1. The average molecular weight is 713 g/mol. The summed E-state index contributed by atoms with van der Waals surface area (Å²) in [6.45, 7) is 0. The van der Waals surface area contributed by atoms with Gasteiger partial charge in [0.15, 0.2) is 5.82 Å². The van der Waals surface area contributed by atoms with E-state index in [-0.39, 0.29) is 0 Å². The van der Waals surface area contributed by atoms with Gasteiger partial charge in [-0.2, -0.15) is 0 Å². The lowest BCUT2D eigenvalue weighted by Gasteiger charge is -2.30. The molecule has 0 aliphatic heterocycles. The average Bonchev–Trinajstić information content (AvgIpc) is 3.90. The predicted octanol–water partition coefficient (Wildman–Crippen LogP) is 13.4. The Kier molecular flexibility index (Phi) is 6.55. The van der Waals surface area contributed by atoms with Crippen LogP contribution in [-0.2, 0) is 5.41 Å². The van der Waals surface area contributed by atoms with Crippen LogP contribution in [0.25, 0.3) is 89.2 Å². The van der Waals surface area contributed by atoms with Gasteiger partial charge in [0.1, 0.15) is 11.3 Å². The van der Waals surface area contributed by atoms with E-state index in [0.717, 1.165) is 61.5 Å². The van der Waals surface area contributed by atoms with Crippen molar-refractivity contribution in [1.82, 2.24) is 9.97 Å². The molecule has 0 bridgehead atoms. The first-order valence-electron chi connectivity index (χ1n) is 19.2. The Balaban J connectivity index is 1.08. The summed E-state index contributed by atoms with van der Waals surface area (Å²) < 4.78 is 6.89. The Morgan fingerprint density at radius 1 is 0.375 bits per heavy atom. The molecule has 8 aromatic carbocycles. The van der Waals surface area contributed by atoms with E-state index >= 15 is 0 Å². The molecule has 0 N–H and O–H groups in total. The molecule has 56 heavy (non-hydrogen) atoms. The van der Waals surface area contributed by atoms with Gasteiger partial charge in [0.2, 0.25) is 0 Å². The highest BCUT2D eigenvalue weighted by atomic mass is 16.3. The lowest BCUT2D eigenvalue weighted by molar-refractivity contribution is 0.628. The van der Waals surface area contributed by atoms with Crippen LogP contribution in [0.4, 0.5) is 0 Å². The van der Waals surface area contributed by atoms with E-state index in [0.29, 0.717) is 5.82 Å². The minimum atomic E-state index is -0.496. The number of hydrogen-bond donors (Lipinski definition) is 0. The summed E-state index contributed by atoms with van der Waals surface area (Å²) in [5, 5.41) is 3.54. The van der Waals surface area contributed by atoms with Gasteiger partial charge in [-0.1, -0.05) is 170 Å². The van der Waals surface area contributed by atoms with Gasteiger partial charge in [-0.3, -0.25) is 0 Å². The van der Waals surface area contributed by atoms with Crippen molar-refractivity contribution in [2.75, 3.05) is 0 Å². The lowest BCUT2D eigenvalue weighted by atomic mass is 9.70. The second-order valence-electron chi connectivity index (χ2n) is 14.8. The number of benzene rings is 8. The molecule has 260 valence electrons. The van der Waals surface area contributed by atoms with Crippen molar-refractivity contribution in [3.05, 3.63) is 216 Å². The zero-order chi connectivity index (χ0) is 36.8. The van der Waals surface area contributed by atoms with Gasteiger partial charge in [0.25, 0.3) is 0 Å². The van der Waals surface area contributed by atoms with Crippen LogP contribution in [-0.4, -0.2) is 9.97 Å². The molecule has 0 atom stereocenters. The summed E-state index contributed by atoms with van der Waals surface area (Å²) in [6.07, 6.45) is 0. The largest absolute Gasteiger partial charge is 0.456 e. The third-order valence-corrected chi connectivity index (χ3v) is 11.9. The third-order valence-electron chi connectivity index (χ3n) is 11.9. The Labute approximate surface area is 324 Å². The molecule has 0 radical (unpaired) electrons. The van der Waals surface area contributed by atoms with Crippen LogP contribution >= 0.6 is 0 Å². The summed E-state index contributed by atoms with van der Waals surface area (Å²) in [7, 11) is 0. The van der Waals surface area contributed by atoms with Crippen molar-refractivity contribution in [3.8, 4) is 67.5 Å². The maximum absolute atomic E-state index is 6.89. The molecule has 10 aromatic rings. The fourth-order valence-electron chi connectivity index (χ4n) is 9.51. The molecule has 2 aliphatic carbocycles. The fourth-order valence-corrected chi connectivity index (χ4v) is 9.51. The van der Waals surface area contributed by atoms with Crippen LogP contribution in [0.3, 0.4) is 0 Å². The summed E-state index contributed by atoms with van der Waals surface area (Å²) in [5.74, 6) is 1.62. The summed E-state index contributed by atoms with van der Waals surface area (Å²) in [6, 6.07) is 69.3. The van der Waals surface area contributed by atoms with Crippen LogP contribution in [0.5, 0.6) is 0 Å². The minimum absolute atomic E-state index is 0.496. The zero-order valence-corrected chi connectivity index (χ0v) is 30.3. The second-order valence-corrected chi connectivity index (χ2v) is 14.8. The van der Waals surface area contributed by atoms with E-state index in [4.69, 9.17) is 14.4 Å². The first-order chi connectivity index (χ1) is 27.8. The standard InChI is InChI=1S/C53H32N2O/c1-2-15-34(16-3-1)47-32-48(37-27-26-33-14-4-5-17-35(33)30-37)55-52(54-47)41-21-7-6-18-38(41)36-28-29-46-43(31-36)51-50(42-22-10-13-25-49(42)56-51)53(46)44-23-11-8-19-39(44)40-20-9-12-24-45(40)53/h1-32H. The Morgan fingerprint density at radius 3 is 1.75 bits per heavy atom. The first kappa shape index (κ1) is 31.0. The number of hydrogen-bond acceptors (Lipinski definition) is 3. The lowest BCUT2D eigenvalue weighted by Crippen LogP contribution is -2.25. The highest BCUT2D eigenvalue weighted by Crippen LogP contribution is 2.65. The number of fused-ring (bicyclic) bond motifs is 13. The van der Waals surface area contributed by atoms with E-state index in [1.165, 1.54) is 44.2 Å². The monoisotopic (exact) mass is 712 g/mol. The summed E-state index contributed by atoms with van der Waals surface area (Å²) in [5.41, 5.74) is 16.2. The number of nitrogens with zero attached hydrogens (tertiary/aromatic N) is 2. The molecule has 2 aromatic heterocycles. The van der Waals surface area contributed by atoms with Crippen LogP contribution in [0.15, 0.2) is 199 Å². The van der Waals surface area contributed by atoms with Crippen LogP contribution in [0, 0.1) is 0 Å². The molecule has 0 unspecified atom stereocenters. The van der Waals surface area contributed by atoms with E-state index in [1.807, 2.05) is 6.07 Å². The van der Waals surface area contributed by atoms with Gasteiger partial charge in [-0.05, 0) is 74.0 Å². The molecule has 0 saturated carbocycles. The molecule has 12 rings (SSSR count). The summed E-state index contributed by atoms with van der Waals surface area (Å²) >= 11 is 0. The quantitative estimate of drug-likeness (QED) is 0.182. The highest BCUT2D eigenvalue weighted by Gasteiger charge is 2.54. The normalized spacial score (nSPS) is 13.1. The molecule has 3 nitrogen and oxygen atoms in total. The maximum Gasteiger partial charge on any atom is 0.161 e. The molecule has 0 saturated heterocycles. The van der Waals surface area contributed by atoms with Crippen LogP contribution in [0.1, 0.15) is 22.3 Å². The van der Waals surface area contributed by atoms with Crippen molar-refractivity contribution >= 4 is 21.7 Å². The van der Waals surface area contributed by atoms with Crippen molar-refractivity contribution in [1.29, 1.82) is 0 Å². The molecular weight excluding hydrogens is 681 g/mol. The van der Waals surface area contributed by atoms with E-state index in [1.54, 1.807) is 0 Å². The van der Waals surface area contributed by atoms with E-state index in [2.05, 4.69) is 188 Å². The number of para-hydroxylation sites is 1. The Bertz CT molecular complexity index is 3170. The Hall–Kier alpha value is -7.36. The zero-order valence-electron chi connectivity index (χ0n) is 30.3. The van der Waals surface area contributed by atoms with Crippen molar-refractivity contribution < 1.29 is 4.42 Å². The predicted molar refractivity (Wildman–Crippen MR) is 227 cm³/mol. The van der Waals surface area contributed by atoms with Gasteiger partial charge < -0.3 is 4.42 Å². The molecular formula is C53H32N2O. The van der Waals surface area contributed by atoms with Crippen molar-refractivity contribution in [2.24, 2.45) is 0 Å². The molecule has 0 fully saturated rings. The van der Waals surface area contributed by atoms with E-state index < -0.39 is 5.41 Å². The van der Waals surface area contributed by atoms with Crippen LogP contribution in [0.2, 0.25) is 0 Å². The SMILES string of the molecule is c1ccc(-c2cc(-c3ccc4ccccc4c3)nc(-c3ccccc3-c3ccc4c(c3)-c3oc5ccccc5c3C43c4ccccc4-c4ccccc43)n2)cc1. The number of aromatic nitrogens is 2. The Morgan fingerprint density at radius 2 is 0.964 bits per heavy atom. The van der Waals surface area contributed by atoms with Gasteiger partial charge in [0.05, 0.1) is 16.8 Å². The minimum Gasteiger partial charge on any atom is -0.456 e. The fraction of sp³-hybridized carbons (Fsp3) is 0.0189. The van der Waals surface area contributed by atoms with E-state index in [9.17, 15) is 0 Å². The maximum atomic E-state index is 6.89. The topological polar surface area (TPSA) is 38.9 Å². The third kappa shape index (κ3) is 4.34. The second kappa shape index (κ2) is 11.8. The van der Waals surface area contributed by atoms with Gasteiger partial charge in [-0.15, -0.1) is 0 Å². The molecule has 1 spiro atoms. The molecule has 3 heteroatoms. The molecule has 2 aliphatic rings. The van der Waals surface area contributed by atoms with Gasteiger partial charge in [-0.25, -0.2) is 9.97 Å². The van der Waals surface area contributed by atoms with Gasteiger partial charge in [0, 0.05) is 33.2 Å². The van der Waals surface area contributed by atoms with Crippen LogP contribution < -0.4 is 0 Å². The van der Waals surface area contributed by atoms with Crippen molar-refractivity contribution in [2.45, 2.75) is 5.41 Å². The summed E-state index contributed by atoms with van der Waals surface area (Å²) in [4.78, 5) is 10.6. The highest BCUT2D eigenvalue weighted by molar-refractivity contribution is 6.03. The number of rotatable bonds is 4. The first-order valence-corrected chi connectivity index (χ1v) is 19.2. The smallest absolute Gasteiger partial charge is 0.161 e. The van der Waals surface area contributed by atoms with Gasteiger partial charge >= 0.3 is 0 Å². The molecule has 2 heterocycles.